The SMILES string of the molecule is CCc1nc(-c2cccnc2)c(N)n1CC. The summed E-state index contributed by atoms with van der Waals surface area (Å²) in [6, 6.07) is 3.87. The maximum atomic E-state index is 6.09. The Labute approximate surface area is 95.1 Å². The van der Waals surface area contributed by atoms with Gasteiger partial charge in [0.25, 0.3) is 0 Å². The van der Waals surface area contributed by atoms with Crippen molar-refractivity contribution in [1.82, 2.24) is 14.5 Å². The van der Waals surface area contributed by atoms with Crippen LogP contribution in [0.2, 0.25) is 0 Å². The van der Waals surface area contributed by atoms with Gasteiger partial charge in [-0.05, 0) is 19.1 Å². The molecule has 0 saturated carbocycles. The highest BCUT2D eigenvalue weighted by Gasteiger charge is 2.13. The fourth-order valence-corrected chi connectivity index (χ4v) is 1.85. The lowest BCUT2D eigenvalue weighted by Crippen LogP contribution is -2.04. The van der Waals surface area contributed by atoms with E-state index >= 15 is 0 Å². The molecule has 0 unspecified atom stereocenters. The van der Waals surface area contributed by atoms with Gasteiger partial charge >= 0.3 is 0 Å². The zero-order valence-corrected chi connectivity index (χ0v) is 9.64. The number of aromatic nitrogens is 3. The van der Waals surface area contributed by atoms with Crippen LogP contribution in [0.15, 0.2) is 24.5 Å². The van der Waals surface area contributed by atoms with Crippen molar-refractivity contribution < 1.29 is 0 Å². The second-order valence-electron chi connectivity index (χ2n) is 3.60. The van der Waals surface area contributed by atoms with E-state index in [0.717, 1.165) is 35.9 Å². The Morgan fingerprint density at radius 2 is 2.19 bits per heavy atom. The van der Waals surface area contributed by atoms with Gasteiger partial charge in [-0.2, -0.15) is 0 Å². The van der Waals surface area contributed by atoms with Crippen LogP contribution in [-0.2, 0) is 13.0 Å². The van der Waals surface area contributed by atoms with Gasteiger partial charge in [-0.3, -0.25) is 4.98 Å². The molecular weight excluding hydrogens is 200 g/mol. The summed E-state index contributed by atoms with van der Waals surface area (Å²) in [5, 5.41) is 0. The normalized spacial score (nSPS) is 10.6. The number of hydrogen-bond donors (Lipinski definition) is 1. The van der Waals surface area contributed by atoms with Crippen LogP contribution in [0.3, 0.4) is 0 Å². The van der Waals surface area contributed by atoms with E-state index in [1.54, 1.807) is 12.4 Å². The Balaban J connectivity index is 2.54. The van der Waals surface area contributed by atoms with Crippen LogP contribution < -0.4 is 5.73 Å². The molecule has 2 aromatic heterocycles. The van der Waals surface area contributed by atoms with Crippen LogP contribution in [0.5, 0.6) is 0 Å². The Kier molecular flexibility index (Phi) is 2.90. The van der Waals surface area contributed by atoms with E-state index in [0.29, 0.717) is 0 Å². The first-order chi connectivity index (χ1) is 7.77. The number of aryl methyl sites for hydroxylation is 1. The van der Waals surface area contributed by atoms with E-state index in [9.17, 15) is 0 Å². The number of anilines is 1. The third-order valence-electron chi connectivity index (χ3n) is 2.65. The third kappa shape index (κ3) is 1.66. The number of pyridine rings is 1. The van der Waals surface area contributed by atoms with Crippen LogP contribution in [0.4, 0.5) is 5.82 Å². The summed E-state index contributed by atoms with van der Waals surface area (Å²) in [4.78, 5) is 8.66. The molecule has 2 rings (SSSR count). The molecule has 0 aliphatic rings. The molecule has 2 N–H and O–H groups in total. The Morgan fingerprint density at radius 3 is 2.69 bits per heavy atom. The molecule has 2 heterocycles. The minimum Gasteiger partial charge on any atom is -0.383 e. The van der Waals surface area contributed by atoms with Gasteiger partial charge in [0.05, 0.1) is 0 Å². The van der Waals surface area contributed by atoms with E-state index < -0.39 is 0 Å². The average molecular weight is 216 g/mol. The molecule has 16 heavy (non-hydrogen) atoms. The van der Waals surface area contributed by atoms with Gasteiger partial charge in [0, 0.05) is 30.9 Å². The highest BCUT2D eigenvalue weighted by atomic mass is 15.1. The largest absolute Gasteiger partial charge is 0.383 e. The molecule has 0 fully saturated rings. The summed E-state index contributed by atoms with van der Waals surface area (Å²) < 4.78 is 2.04. The molecular formula is C12H16N4. The van der Waals surface area contributed by atoms with Crippen LogP contribution >= 0.6 is 0 Å². The second-order valence-corrected chi connectivity index (χ2v) is 3.60. The van der Waals surface area contributed by atoms with E-state index in [4.69, 9.17) is 5.73 Å². The summed E-state index contributed by atoms with van der Waals surface area (Å²) in [5.74, 6) is 1.76. The fourth-order valence-electron chi connectivity index (χ4n) is 1.85. The first kappa shape index (κ1) is 10.7. The topological polar surface area (TPSA) is 56.7 Å². The number of hydrogen-bond acceptors (Lipinski definition) is 3. The third-order valence-corrected chi connectivity index (χ3v) is 2.65. The Bertz CT molecular complexity index is 473. The summed E-state index contributed by atoms with van der Waals surface area (Å²) >= 11 is 0. The minimum absolute atomic E-state index is 0.729. The molecule has 0 bridgehead atoms. The smallest absolute Gasteiger partial charge is 0.131 e. The first-order valence-electron chi connectivity index (χ1n) is 5.53. The summed E-state index contributed by atoms with van der Waals surface area (Å²) in [5.41, 5.74) is 7.91. The van der Waals surface area contributed by atoms with Gasteiger partial charge in [-0.1, -0.05) is 6.92 Å². The highest BCUT2D eigenvalue weighted by molar-refractivity contribution is 5.70. The van der Waals surface area contributed by atoms with Crippen molar-refractivity contribution in [2.24, 2.45) is 0 Å². The zero-order valence-electron chi connectivity index (χ0n) is 9.64. The molecule has 4 nitrogen and oxygen atoms in total. The van der Waals surface area contributed by atoms with Crippen LogP contribution in [0.1, 0.15) is 19.7 Å². The van der Waals surface area contributed by atoms with E-state index in [1.165, 1.54) is 0 Å². The molecule has 0 aliphatic heterocycles. The van der Waals surface area contributed by atoms with Crippen molar-refractivity contribution in [1.29, 1.82) is 0 Å². The van der Waals surface area contributed by atoms with Gasteiger partial charge in [0.2, 0.25) is 0 Å². The average Bonchev–Trinajstić information content (AvgIpc) is 2.66. The Morgan fingerprint density at radius 1 is 1.38 bits per heavy atom. The quantitative estimate of drug-likeness (QED) is 0.854. The van der Waals surface area contributed by atoms with Gasteiger partial charge in [0.15, 0.2) is 0 Å². The number of nitrogens with two attached hydrogens (primary N) is 1. The molecule has 0 spiro atoms. The monoisotopic (exact) mass is 216 g/mol. The van der Waals surface area contributed by atoms with Gasteiger partial charge in [-0.15, -0.1) is 0 Å². The fraction of sp³-hybridized carbons (Fsp3) is 0.333. The minimum atomic E-state index is 0.729. The number of imidazole rings is 1. The molecule has 2 aromatic rings. The van der Waals surface area contributed by atoms with Crippen molar-refractivity contribution in [3.05, 3.63) is 30.4 Å². The van der Waals surface area contributed by atoms with Gasteiger partial charge < -0.3 is 10.3 Å². The van der Waals surface area contributed by atoms with Crippen molar-refractivity contribution in [3.8, 4) is 11.3 Å². The Hall–Kier alpha value is -1.84. The van der Waals surface area contributed by atoms with Crippen LogP contribution in [0, 0.1) is 0 Å². The molecule has 0 saturated heterocycles. The lowest BCUT2D eigenvalue weighted by molar-refractivity contribution is 0.713. The predicted molar refractivity (Wildman–Crippen MR) is 64.9 cm³/mol. The van der Waals surface area contributed by atoms with Gasteiger partial charge in [0.1, 0.15) is 17.3 Å². The lowest BCUT2D eigenvalue weighted by atomic mass is 10.2. The zero-order chi connectivity index (χ0) is 11.5. The van der Waals surface area contributed by atoms with Gasteiger partial charge in [-0.25, -0.2) is 4.98 Å². The van der Waals surface area contributed by atoms with E-state index in [2.05, 4.69) is 23.8 Å². The summed E-state index contributed by atoms with van der Waals surface area (Å²) in [7, 11) is 0. The first-order valence-corrected chi connectivity index (χ1v) is 5.53. The number of nitrogen functional groups attached to an aromatic ring is 1. The standard InChI is InChI=1S/C12H16N4/c1-3-10-15-11(12(13)16(10)4-2)9-6-5-7-14-8-9/h5-8H,3-4,13H2,1-2H3. The molecule has 4 heteroatoms. The van der Waals surface area contributed by atoms with Crippen molar-refractivity contribution in [2.45, 2.75) is 26.8 Å². The van der Waals surface area contributed by atoms with Crippen molar-refractivity contribution in [3.63, 3.8) is 0 Å². The lowest BCUT2D eigenvalue weighted by Gasteiger charge is -2.04. The molecule has 0 aromatic carbocycles. The molecule has 0 aliphatic carbocycles. The summed E-state index contributed by atoms with van der Waals surface area (Å²) in [6.45, 7) is 5.01. The van der Waals surface area contributed by atoms with E-state index in [1.807, 2.05) is 16.7 Å². The molecule has 84 valence electrons. The van der Waals surface area contributed by atoms with E-state index in [-0.39, 0.29) is 0 Å². The van der Waals surface area contributed by atoms with Crippen molar-refractivity contribution in [2.75, 3.05) is 5.73 Å². The van der Waals surface area contributed by atoms with Crippen LogP contribution in [-0.4, -0.2) is 14.5 Å². The predicted octanol–water partition coefficient (Wildman–Crippen LogP) is 2.11. The molecule has 0 radical (unpaired) electrons. The molecule has 0 amide bonds. The number of rotatable bonds is 3. The van der Waals surface area contributed by atoms with Crippen molar-refractivity contribution >= 4 is 5.82 Å². The maximum Gasteiger partial charge on any atom is 0.131 e. The summed E-state index contributed by atoms with van der Waals surface area (Å²) in [6.07, 6.45) is 4.42. The second kappa shape index (κ2) is 4.35. The molecule has 0 atom stereocenters. The van der Waals surface area contributed by atoms with Crippen LogP contribution in [0.25, 0.3) is 11.3 Å². The highest BCUT2D eigenvalue weighted by Crippen LogP contribution is 2.25. The number of nitrogens with zero attached hydrogens (tertiary/aromatic N) is 3. The maximum absolute atomic E-state index is 6.09.